The molecule has 2 heteroatoms. The van der Waals surface area contributed by atoms with Crippen LogP contribution >= 0.6 is 0 Å². The third-order valence-corrected chi connectivity index (χ3v) is 33.9. The zero-order chi connectivity index (χ0) is 32.3. The van der Waals surface area contributed by atoms with E-state index in [0.717, 1.165) is 19.3 Å². The van der Waals surface area contributed by atoms with Gasteiger partial charge in [-0.25, -0.2) is 0 Å². The summed E-state index contributed by atoms with van der Waals surface area (Å²) in [5.41, 5.74) is 16.5. The Morgan fingerprint density at radius 1 is 0.532 bits per heavy atom. The second-order valence-electron chi connectivity index (χ2n) is 14.8. The molecule has 5 aromatic carbocycles. The molecule has 2 aliphatic carbocycles. The molecule has 234 valence electrons. The Balaban J connectivity index is 1.35. The van der Waals surface area contributed by atoms with Crippen molar-refractivity contribution >= 4 is 20.2 Å². The van der Waals surface area contributed by atoms with Crippen molar-refractivity contribution < 1.29 is 20.0 Å². The van der Waals surface area contributed by atoms with Gasteiger partial charge in [0.05, 0.1) is 0 Å². The molecule has 2 atom stereocenters. The van der Waals surface area contributed by atoms with Gasteiger partial charge in [-0.1, -0.05) is 0 Å². The van der Waals surface area contributed by atoms with Crippen molar-refractivity contribution in [2.45, 2.75) is 62.4 Å². The molecule has 0 amide bonds. The molecule has 0 N–H and O–H groups in total. The van der Waals surface area contributed by atoms with Crippen molar-refractivity contribution in [2.75, 3.05) is 0 Å². The molecule has 1 fully saturated rings. The molecule has 0 saturated carbocycles. The Bertz CT molecular complexity index is 1940. The van der Waals surface area contributed by atoms with Gasteiger partial charge >= 0.3 is 289 Å². The summed E-state index contributed by atoms with van der Waals surface area (Å²) in [6, 6.07) is 45.4. The van der Waals surface area contributed by atoms with Gasteiger partial charge in [0.1, 0.15) is 0 Å². The van der Waals surface area contributed by atoms with E-state index in [1.54, 1.807) is 11.1 Å². The SMILES string of the molecule is CCc1ccccc1-c1cccc2c1C=C1[CH]2[Hf]([CH3])([CH3])[CH]2C(=Cc3c(-c4ccccc4CC)cccc32)[Si]1(C)CCc1ccccc1. The van der Waals surface area contributed by atoms with Gasteiger partial charge in [0.25, 0.3) is 0 Å². The van der Waals surface area contributed by atoms with E-state index in [9.17, 15) is 0 Å². The minimum atomic E-state index is -3.13. The van der Waals surface area contributed by atoms with Gasteiger partial charge in [0.15, 0.2) is 0 Å². The summed E-state index contributed by atoms with van der Waals surface area (Å²) >= 11 is -3.13. The van der Waals surface area contributed by atoms with Gasteiger partial charge in [0, 0.05) is 0 Å². The zero-order valence-electron chi connectivity index (χ0n) is 28.6. The van der Waals surface area contributed by atoms with Gasteiger partial charge < -0.3 is 0 Å². The van der Waals surface area contributed by atoms with Crippen molar-refractivity contribution in [3.63, 3.8) is 0 Å². The van der Waals surface area contributed by atoms with E-state index in [1.165, 1.54) is 56.1 Å². The van der Waals surface area contributed by atoms with Crippen molar-refractivity contribution in [1.82, 2.24) is 0 Å². The van der Waals surface area contributed by atoms with E-state index in [2.05, 4.69) is 157 Å². The molecule has 0 bridgehead atoms. The van der Waals surface area contributed by atoms with E-state index in [4.69, 9.17) is 0 Å². The van der Waals surface area contributed by atoms with Crippen LogP contribution in [0.15, 0.2) is 126 Å². The van der Waals surface area contributed by atoms with Crippen LogP contribution in [0.1, 0.15) is 60.1 Å². The van der Waals surface area contributed by atoms with Gasteiger partial charge in [-0.2, -0.15) is 0 Å². The molecule has 1 saturated heterocycles. The fourth-order valence-electron chi connectivity index (χ4n) is 9.68. The van der Waals surface area contributed by atoms with E-state index in [1.807, 2.05) is 10.4 Å². The number of benzene rings is 5. The zero-order valence-corrected chi connectivity index (χ0v) is 33.2. The molecule has 3 aliphatic rings. The number of rotatable bonds is 7. The van der Waals surface area contributed by atoms with Crippen LogP contribution in [0, 0.1) is 0 Å². The fourth-order valence-corrected chi connectivity index (χ4v) is 42.0. The average Bonchev–Trinajstić information content (AvgIpc) is 3.72. The summed E-state index contributed by atoms with van der Waals surface area (Å²) in [5.74, 6) is 0. The first-order valence-corrected chi connectivity index (χ1v) is 31.8. The normalized spacial score (nSPS) is 21.7. The Kier molecular flexibility index (Phi) is 7.89. The summed E-state index contributed by atoms with van der Waals surface area (Å²) in [7, 11) is -2.08. The Morgan fingerprint density at radius 2 is 0.979 bits per heavy atom. The van der Waals surface area contributed by atoms with Gasteiger partial charge in [-0.15, -0.1) is 0 Å². The van der Waals surface area contributed by atoms with Gasteiger partial charge in [-0.05, 0) is 0 Å². The molecule has 5 aromatic rings. The topological polar surface area (TPSA) is 0 Å². The second-order valence-corrected chi connectivity index (χ2v) is 36.4. The third-order valence-electron chi connectivity index (χ3n) is 12.0. The van der Waals surface area contributed by atoms with Crippen LogP contribution in [0.25, 0.3) is 34.4 Å². The molecule has 47 heavy (non-hydrogen) atoms. The third kappa shape index (κ3) is 4.85. The van der Waals surface area contributed by atoms with Crippen LogP contribution < -0.4 is 0 Å². The molecule has 1 heterocycles. The van der Waals surface area contributed by atoms with Crippen LogP contribution in [0.2, 0.25) is 22.0 Å². The van der Waals surface area contributed by atoms with Gasteiger partial charge in [0.2, 0.25) is 0 Å². The molecule has 8 rings (SSSR count). The molecular weight excluding hydrogens is 747 g/mol. The summed E-state index contributed by atoms with van der Waals surface area (Å²) in [4.78, 5) is 0. The summed E-state index contributed by atoms with van der Waals surface area (Å²) < 4.78 is 6.88. The summed E-state index contributed by atoms with van der Waals surface area (Å²) in [6.07, 6.45) is 8.79. The number of fused-ring (bicyclic) bond motifs is 6. The molecule has 0 radical (unpaired) electrons. The summed E-state index contributed by atoms with van der Waals surface area (Å²) in [5, 5.41) is 3.70. The first-order valence-electron chi connectivity index (χ1n) is 17.8. The molecule has 0 nitrogen and oxygen atoms in total. The number of hydrogen-bond donors (Lipinski definition) is 0. The van der Waals surface area contributed by atoms with Crippen LogP contribution in [0.5, 0.6) is 0 Å². The maximum atomic E-state index is 2.80. The first kappa shape index (κ1) is 31.0. The molecule has 2 unspecified atom stereocenters. The van der Waals surface area contributed by atoms with Crippen molar-refractivity contribution in [3.8, 4) is 22.3 Å². The fraction of sp³-hybridized carbons (Fsp3) is 0.244. The number of hydrogen-bond acceptors (Lipinski definition) is 0. The van der Waals surface area contributed by atoms with Crippen LogP contribution in [-0.2, 0) is 39.2 Å². The quantitative estimate of drug-likeness (QED) is 0.144. The molecule has 1 aliphatic heterocycles. The molecule has 0 aromatic heterocycles. The maximum absolute atomic E-state index is 3.13. The first-order chi connectivity index (χ1) is 22.9. The monoisotopic (exact) mass is 794 g/mol. The Hall–Kier alpha value is -3.33. The predicted molar refractivity (Wildman–Crippen MR) is 202 cm³/mol. The average molecular weight is 793 g/mol. The van der Waals surface area contributed by atoms with E-state index >= 15 is 0 Å². The van der Waals surface area contributed by atoms with Crippen LogP contribution in [0.4, 0.5) is 0 Å². The van der Waals surface area contributed by atoms with E-state index in [-0.39, 0.29) is 0 Å². The number of allylic oxidation sites excluding steroid dienone is 2. The molecule has 0 spiro atoms. The molecular formula is C45H46HfSi. The van der Waals surface area contributed by atoms with Crippen molar-refractivity contribution in [1.29, 1.82) is 0 Å². The predicted octanol–water partition coefficient (Wildman–Crippen LogP) is 12.4. The van der Waals surface area contributed by atoms with E-state index < -0.39 is 28.0 Å². The van der Waals surface area contributed by atoms with Crippen LogP contribution in [-0.4, -0.2) is 8.07 Å². The second kappa shape index (κ2) is 12.0. The van der Waals surface area contributed by atoms with E-state index in [0.29, 0.717) is 7.35 Å². The van der Waals surface area contributed by atoms with Gasteiger partial charge in [-0.3, -0.25) is 0 Å². The van der Waals surface area contributed by atoms with Crippen LogP contribution in [0.3, 0.4) is 0 Å². The minimum absolute atomic E-state index is 0.637. The summed E-state index contributed by atoms with van der Waals surface area (Å²) in [6.45, 7) is 7.35. The van der Waals surface area contributed by atoms with Crippen molar-refractivity contribution in [2.24, 2.45) is 0 Å². The Morgan fingerprint density at radius 3 is 1.47 bits per heavy atom. The number of aryl methyl sites for hydroxylation is 3. The standard InChI is InChI=1S/C43H40Si.2CH3.Hf/c1-4-32-17-9-11-21-38(32)40-23-13-19-34-27-36(29-42(34)40)44(3,26-25-31-15-7-6-8-16-31)37-28-35-20-14-24-41(43(35)30-37)39-22-12-10-18-33(39)5-2;;;/h6-24,27-30H,4-5,25-26H2,1-3H3;2*1H3;. The Labute approximate surface area is 287 Å². The van der Waals surface area contributed by atoms with Crippen molar-refractivity contribution in [3.05, 3.63) is 165 Å².